The molecule has 0 atom stereocenters. The monoisotopic (exact) mass is 222 g/mol. The molecule has 0 fully saturated rings. The van der Waals surface area contributed by atoms with E-state index in [-0.39, 0.29) is 17.0 Å². The summed E-state index contributed by atoms with van der Waals surface area (Å²) in [6, 6.07) is 3.79. The molecule has 0 aliphatic heterocycles. The summed E-state index contributed by atoms with van der Waals surface area (Å²) in [5.74, 6) is 0.181. The smallest absolute Gasteiger partial charge is 0.258 e. The fourth-order valence-corrected chi connectivity index (χ4v) is 1.49. The van der Waals surface area contributed by atoms with Gasteiger partial charge in [0, 0.05) is 19.1 Å². The van der Waals surface area contributed by atoms with Crippen molar-refractivity contribution in [3.05, 3.63) is 44.3 Å². The van der Waals surface area contributed by atoms with Gasteiger partial charge in [-0.1, -0.05) is 0 Å². The summed E-state index contributed by atoms with van der Waals surface area (Å²) in [6.07, 6.45) is 0. The fraction of sp³-hybridized carbons (Fsp3) is 0.125. The van der Waals surface area contributed by atoms with E-state index in [0.717, 1.165) is 10.7 Å². The molecule has 0 bridgehead atoms. The second-order valence-corrected chi connectivity index (χ2v) is 3.14. The van der Waals surface area contributed by atoms with Crippen LogP contribution < -0.4 is 0 Å². The maximum Gasteiger partial charge on any atom is 0.271 e. The van der Waals surface area contributed by atoms with Crippen molar-refractivity contribution < 1.29 is 9.96 Å². The second kappa shape index (κ2) is 3.26. The molecule has 0 radical (unpaired) electrons. The van der Waals surface area contributed by atoms with Crippen molar-refractivity contribution in [1.82, 2.24) is 9.66 Å². The predicted octanol–water partition coefficient (Wildman–Crippen LogP) is 1.29. The number of benzene rings is 1. The Bertz CT molecular complexity index is 603. The van der Waals surface area contributed by atoms with Crippen LogP contribution in [0.2, 0.25) is 0 Å². The molecule has 0 saturated heterocycles. The SMILES string of the molecule is Cc1nc2ccc([N+](=O)[O-])cc2n1[N+](=O)[O-]. The minimum atomic E-state index is -0.658. The Morgan fingerprint density at radius 2 is 2.00 bits per heavy atom. The molecule has 16 heavy (non-hydrogen) atoms. The average Bonchev–Trinajstić information content (AvgIpc) is 2.51. The lowest BCUT2D eigenvalue weighted by Gasteiger charge is -1.94. The Labute approximate surface area is 88.4 Å². The number of hydrogen-bond acceptors (Lipinski definition) is 5. The molecule has 8 nitrogen and oxygen atoms in total. The number of nitro groups is 2. The number of nitro benzene ring substituents is 1. The van der Waals surface area contributed by atoms with E-state index in [0.29, 0.717) is 5.52 Å². The third-order valence-corrected chi connectivity index (χ3v) is 2.15. The van der Waals surface area contributed by atoms with Gasteiger partial charge in [-0.3, -0.25) is 10.1 Å². The van der Waals surface area contributed by atoms with Gasteiger partial charge in [-0.25, -0.2) is 15.1 Å². The topological polar surface area (TPSA) is 104 Å². The van der Waals surface area contributed by atoms with Crippen molar-refractivity contribution in [2.45, 2.75) is 6.92 Å². The van der Waals surface area contributed by atoms with Gasteiger partial charge in [-0.05, 0) is 10.7 Å². The lowest BCUT2D eigenvalue weighted by molar-refractivity contribution is -0.539. The number of rotatable bonds is 2. The zero-order valence-electron chi connectivity index (χ0n) is 8.15. The van der Waals surface area contributed by atoms with E-state index in [1.54, 1.807) is 0 Å². The lowest BCUT2D eigenvalue weighted by Crippen LogP contribution is -2.10. The molecule has 0 aliphatic rings. The quantitative estimate of drug-likeness (QED) is 0.562. The van der Waals surface area contributed by atoms with Crippen LogP contribution in [0, 0.1) is 27.2 Å². The van der Waals surface area contributed by atoms with E-state index >= 15 is 0 Å². The van der Waals surface area contributed by atoms with Crippen LogP contribution >= 0.6 is 0 Å². The Balaban J connectivity index is 2.79. The molecule has 0 aliphatic carbocycles. The van der Waals surface area contributed by atoms with Crippen molar-refractivity contribution in [3.8, 4) is 0 Å². The van der Waals surface area contributed by atoms with Crippen LogP contribution in [0.5, 0.6) is 0 Å². The van der Waals surface area contributed by atoms with Crippen molar-refractivity contribution in [1.29, 1.82) is 0 Å². The van der Waals surface area contributed by atoms with E-state index in [2.05, 4.69) is 4.98 Å². The van der Waals surface area contributed by atoms with E-state index in [1.807, 2.05) is 0 Å². The summed E-state index contributed by atoms with van der Waals surface area (Å²) in [4.78, 5) is 24.6. The van der Waals surface area contributed by atoms with Gasteiger partial charge in [-0.15, -0.1) is 0 Å². The van der Waals surface area contributed by atoms with Crippen molar-refractivity contribution in [3.63, 3.8) is 0 Å². The normalized spacial score (nSPS) is 10.6. The average molecular weight is 222 g/mol. The van der Waals surface area contributed by atoms with Crippen molar-refractivity contribution in [2.75, 3.05) is 0 Å². The number of hydrogen-bond donors (Lipinski definition) is 0. The third kappa shape index (κ3) is 1.36. The molecule has 1 heterocycles. The predicted molar refractivity (Wildman–Crippen MR) is 53.5 cm³/mol. The molecule has 0 unspecified atom stereocenters. The number of aromatic nitrogens is 2. The molecule has 2 aromatic rings. The van der Waals surface area contributed by atoms with E-state index in [9.17, 15) is 20.2 Å². The van der Waals surface area contributed by atoms with Gasteiger partial charge >= 0.3 is 0 Å². The number of aryl methyl sites for hydroxylation is 1. The minimum Gasteiger partial charge on any atom is -0.258 e. The van der Waals surface area contributed by atoms with Crippen LogP contribution in [0.15, 0.2) is 18.2 Å². The van der Waals surface area contributed by atoms with Crippen LogP contribution in [-0.2, 0) is 0 Å². The summed E-state index contributed by atoms with van der Waals surface area (Å²) in [7, 11) is 0. The third-order valence-electron chi connectivity index (χ3n) is 2.15. The van der Waals surface area contributed by atoms with Crippen LogP contribution in [0.25, 0.3) is 11.0 Å². The highest BCUT2D eigenvalue weighted by Crippen LogP contribution is 2.21. The number of fused-ring (bicyclic) bond motifs is 1. The molecule has 1 aromatic heterocycles. The number of non-ortho nitro benzene ring substituents is 1. The van der Waals surface area contributed by atoms with Gasteiger partial charge in [-0.2, -0.15) is 0 Å². The molecular weight excluding hydrogens is 216 g/mol. The summed E-state index contributed by atoms with van der Waals surface area (Å²) in [6.45, 7) is 1.47. The molecule has 0 saturated carbocycles. The van der Waals surface area contributed by atoms with Crippen LogP contribution in [0.4, 0.5) is 5.69 Å². The zero-order chi connectivity index (χ0) is 11.9. The molecule has 0 amide bonds. The molecule has 2 rings (SSSR count). The minimum absolute atomic E-state index is 0.122. The number of imidazole rings is 1. The summed E-state index contributed by atoms with van der Waals surface area (Å²) in [5.41, 5.74) is 0.284. The molecule has 8 heteroatoms. The zero-order valence-corrected chi connectivity index (χ0v) is 8.15. The summed E-state index contributed by atoms with van der Waals surface area (Å²) >= 11 is 0. The summed E-state index contributed by atoms with van der Waals surface area (Å²) in [5, 5.41) is 20.6. The highest BCUT2D eigenvalue weighted by molar-refractivity contribution is 5.78. The molecule has 0 spiro atoms. The van der Waals surface area contributed by atoms with E-state index < -0.39 is 9.96 Å². The fourth-order valence-electron chi connectivity index (χ4n) is 1.49. The largest absolute Gasteiger partial charge is 0.271 e. The first-order valence-corrected chi connectivity index (χ1v) is 4.29. The standard InChI is InChI=1S/C8H6N4O4/c1-5-9-7-3-2-6(11(13)14)4-8(7)10(5)12(15)16/h2-4H,1H3. The first kappa shape index (κ1) is 10.0. The molecule has 82 valence electrons. The highest BCUT2D eigenvalue weighted by atomic mass is 16.7. The molecule has 0 N–H and O–H groups in total. The Morgan fingerprint density at radius 3 is 2.56 bits per heavy atom. The molecular formula is C8H6N4O4. The van der Waals surface area contributed by atoms with Gasteiger partial charge in [0.15, 0.2) is 10.9 Å². The van der Waals surface area contributed by atoms with Gasteiger partial charge in [0.1, 0.15) is 5.52 Å². The molecule has 1 aromatic carbocycles. The lowest BCUT2D eigenvalue weighted by atomic mass is 10.3. The van der Waals surface area contributed by atoms with E-state index in [1.165, 1.54) is 19.1 Å². The van der Waals surface area contributed by atoms with Crippen LogP contribution in [0.1, 0.15) is 5.82 Å². The second-order valence-electron chi connectivity index (χ2n) is 3.14. The van der Waals surface area contributed by atoms with Crippen molar-refractivity contribution in [2.24, 2.45) is 0 Å². The maximum absolute atomic E-state index is 10.7. The first-order chi connectivity index (χ1) is 7.50. The highest BCUT2D eigenvalue weighted by Gasteiger charge is 2.18. The Hall–Kier alpha value is -2.51. The Morgan fingerprint density at radius 1 is 1.31 bits per heavy atom. The van der Waals surface area contributed by atoms with Gasteiger partial charge in [0.25, 0.3) is 5.69 Å². The maximum atomic E-state index is 10.7. The van der Waals surface area contributed by atoms with Gasteiger partial charge in [0.05, 0.1) is 10.4 Å². The van der Waals surface area contributed by atoms with E-state index in [4.69, 9.17) is 0 Å². The summed E-state index contributed by atoms with van der Waals surface area (Å²) < 4.78 is 0.725. The van der Waals surface area contributed by atoms with Crippen LogP contribution in [-0.4, -0.2) is 19.6 Å². The van der Waals surface area contributed by atoms with Gasteiger partial charge < -0.3 is 0 Å². The van der Waals surface area contributed by atoms with Crippen LogP contribution in [0.3, 0.4) is 0 Å². The van der Waals surface area contributed by atoms with Crippen molar-refractivity contribution >= 4 is 16.7 Å². The number of nitrogens with zero attached hydrogens (tertiary/aromatic N) is 4. The first-order valence-electron chi connectivity index (χ1n) is 4.29. The van der Waals surface area contributed by atoms with Gasteiger partial charge in [0.2, 0.25) is 0 Å². The Kier molecular flexibility index (Phi) is 2.04.